The number of halogens is 1. The summed E-state index contributed by atoms with van der Waals surface area (Å²) in [4.78, 5) is 39.5. The van der Waals surface area contributed by atoms with Gasteiger partial charge in [0, 0.05) is 30.4 Å². The second-order valence-corrected chi connectivity index (χ2v) is 12.1. The van der Waals surface area contributed by atoms with E-state index in [0.717, 1.165) is 0 Å². The van der Waals surface area contributed by atoms with E-state index in [2.05, 4.69) is 10.6 Å². The first-order valence-corrected chi connectivity index (χ1v) is 15.9. The summed E-state index contributed by atoms with van der Waals surface area (Å²) in [5, 5.41) is 74.0. The lowest BCUT2D eigenvalue weighted by Gasteiger charge is -2.48. The van der Waals surface area contributed by atoms with Gasteiger partial charge in [-0.25, -0.2) is 4.39 Å². The van der Waals surface area contributed by atoms with Gasteiger partial charge in [-0.05, 0) is 60.4 Å². The quantitative estimate of drug-likeness (QED) is 0.0688. The molecule has 1 saturated heterocycles. The van der Waals surface area contributed by atoms with E-state index < -0.39 is 79.7 Å². The van der Waals surface area contributed by atoms with Crippen molar-refractivity contribution >= 4 is 23.4 Å². The molecule has 0 aromatic heterocycles. The van der Waals surface area contributed by atoms with E-state index in [9.17, 15) is 49.4 Å². The Hall–Kier alpha value is -4.64. The molecule has 0 saturated carbocycles. The number of amides is 3. The Morgan fingerprint density at radius 1 is 0.900 bits per heavy atom. The molecule has 50 heavy (non-hydrogen) atoms. The monoisotopic (exact) mass is 699 g/mol. The Bertz CT molecular complexity index is 1610. The Balaban J connectivity index is 1.35. The highest BCUT2D eigenvalue weighted by atomic mass is 19.1. The number of hydrogen-bond acceptors (Lipinski definition) is 11. The Kier molecular flexibility index (Phi) is 13.2. The number of aliphatic hydroxyl groups excluding tert-OH is 6. The minimum absolute atomic E-state index is 0.0412. The summed E-state index contributed by atoms with van der Waals surface area (Å²) in [6.45, 7) is -1.33. The highest BCUT2D eigenvalue weighted by molar-refractivity contribution is 6.03. The predicted molar refractivity (Wildman–Crippen MR) is 176 cm³/mol. The molecule has 1 fully saturated rings. The highest BCUT2D eigenvalue weighted by Crippen LogP contribution is 2.49. The Morgan fingerprint density at radius 3 is 2.16 bits per heavy atom. The Morgan fingerprint density at radius 2 is 1.54 bits per heavy atom. The second-order valence-electron chi connectivity index (χ2n) is 12.1. The normalized spacial score (nSPS) is 18.7. The summed E-state index contributed by atoms with van der Waals surface area (Å²) in [6, 6.07) is 16.4. The van der Waals surface area contributed by atoms with Gasteiger partial charge in [0.1, 0.15) is 42.0 Å². The van der Waals surface area contributed by atoms with E-state index in [1.165, 1.54) is 42.3 Å². The van der Waals surface area contributed by atoms with E-state index in [-0.39, 0.29) is 31.0 Å². The van der Waals surface area contributed by atoms with Gasteiger partial charge in [-0.1, -0.05) is 24.3 Å². The summed E-state index contributed by atoms with van der Waals surface area (Å²) in [5.74, 6) is -2.27. The molecule has 14 nitrogen and oxygen atoms in total. The summed E-state index contributed by atoms with van der Waals surface area (Å²) in [7, 11) is 1.47. The summed E-state index contributed by atoms with van der Waals surface area (Å²) >= 11 is 0. The van der Waals surface area contributed by atoms with Crippen molar-refractivity contribution in [3.63, 3.8) is 0 Å². The molecule has 3 aromatic carbocycles. The van der Waals surface area contributed by atoms with Crippen molar-refractivity contribution in [2.45, 2.75) is 62.4 Å². The van der Waals surface area contributed by atoms with Gasteiger partial charge in [0.15, 0.2) is 0 Å². The number of β-lactam (4-membered cyclic amide) rings is 1. The number of benzene rings is 3. The smallest absolute Gasteiger partial charge is 0.233 e. The van der Waals surface area contributed by atoms with Crippen LogP contribution >= 0.6 is 0 Å². The molecule has 0 unspecified atom stereocenters. The summed E-state index contributed by atoms with van der Waals surface area (Å²) in [5.41, 5.74) is 2.18. The number of nitrogens with one attached hydrogen (secondary N) is 2. The summed E-state index contributed by atoms with van der Waals surface area (Å²) in [6.07, 6.45) is -8.09. The van der Waals surface area contributed by atoms with Crippen molar-refractivity contribution in [3.8, 4) is 11.5 Å². The van der Waals surface area contributed by atoms with Crippen molar-refractivity contribution < 1.29 is 59.3 Å². The zero-order chi connectivity index (χ0) is 36.5. The van der Waals surface area contributed by atoms with Crippen molar-refractivity contribution in [2.24, 2.45) is 5.92 Å². The fourth-order valence-corrected chi connectivity index (χ4v) is 5.71. The molecule has 0 bridgehead atoms. The molecule has 0 spiro atoms. The van der Waals surface area contributed by atoms with Crippen LogP contribution in [0.15, 0.2) is 66.7 Å². The zero-order valence-corrected chi connectivity index (χ0v) is 27.2. The number of carbonyl (C=O) groups excluding carboxylic acids is 3. The number of hydrogen-bond donors (Lipinski definition) is 9. The van der Waals surface area contributed by atoms with Gasteiger partial charge < -0.3 is 56.0 Å². The van der Waals surface area contributed by atoms with Gasteiger partial charge in [-0.15, -0.1) is 0 Å². The first kappa shape index (κ1) is 38.2. The average Bonchev–Trinajstić information content (AvgIpc) is 3.11. The topological polar surface area (TPSA) is 229 Å². The fraction of sp³-hybridized carbons (Fsp3) is 0.400. The van der Waals surface area contributed by atoms with E-state index in [4.69, 9.17) is 9.84 Å². The maximum atomic E-state index is 13.5. The van der Waals surface area contributed by atoms with Gasteiger partial charge in [0.05, 0.1) is 37.9 Å². The zero-order valence-electron chi connectivity index (χ0n) is 27.2. The maximum Gasteiger partial charge on any atom is 0.233 e. The molecular weight excluding hydrogens is 657 g/mol. The van der Waals surface area contributed by atoms with Crippen LogP contribution in [0.5, 0.6) is 11.5 Å². The number of phenols is 1. The standard InChI is InChI=1S/C35H42FN3O11/c1-50-23-10-11-24(27(42)14-23)32-25(12-13-26(41)20-4-6-21(36)7-5-20)35(49)39(32)22-8-2-19(3-9-22)16-37-30(45)15-31(46)38-17-28(43)33(47)34(48)29(44)18-40/h2-11,14,25-26,28-29,32-34,40-44,47-48H,12-13,15-18H2,1H3,(H,37,45)(H,38,46)/t25-,26+,28+,29-,32-,33-,34-/m1/s1. The van der Waals surface area contributed by atoms with Crippen LogP contribution in [0.1, 0.15) is 48.1 Å². The minimum atomic E-state index is -1.86. The van der Waals surface area contributed by atoms with Gasteiger partial charge in [0.2, 0.25) is 17.7 Å². The molecule has 15 heteroatoms. The number of aliphatic hydroxyl groups is 6. The number of ether oxygens (including phenoxy) is 1. The van der Waals surface area contributed by atoms with E-state index >= 15 is 0 Å². The van der Waals surface area contributed by atoms with E-state index in [1.54, 1.807) is 36.4 Å². The summed E-state index contributed by atoms with van der Waals surface area (Å²) < 4.78 is 18.6. The lowest BCUT2D eigenvalue weighted by Crippen LogP contribution is -2.55. The van der Waals surface area contributed by atoms with Crippen LogP contribution in [0.3, 0.4) is 0 Å². The van der Waals surface area contributed by atoms with Gasteiger partial charge >= 0.3 is 0 Å². The molecule has 3 aromatic rings. The molecule has 0 aliphatic carbocycles. The first-order chi connectivity index (χ1) is 23.8. The van der Waals surface area contributed by atoms with Crippen LogP contribution in [-0.4, -0.2) is 98.1 Å². The second kappa shape index (κ2) is 17.3. The minimum Gasteiger partial charge on any atom is -0.507 e. The largest absolute Gasteiger partial charge is 0.507 e. The number of methoxy groups -OCH3 is 1. The van der Waals surface area contributed by atoms with Crippen LogP contribution in [0.4, 0.5) is 10.1 Å². The van der Waals surface area contributed by atoms with Crippen LogP contribution in [0, 0.1) is 11.7 Å². The number of nitrogens with zero attached hydrogens (tertiary/aromatic N) is 1. The number of phenolic OH excluding ortho intramolecular Hbond substituents is 1. The third kappa shape index (κ3) is 9.32. The molecule has 9 N–H and O–H groups in total. The molecule has 270 valence electrons. The number of carbonyl (C=O) groups is 3. The number of rotatable bonds is 17. The molecule has 1 heterocycles. The molecular formula is C35H42FN3O11. The van der Waals surface area contributed by atoms with E-state index in [0.29, 0.717) is 28.1 Å². The van der Waals surface area contributed by atoms with Crippen molar-refractivity contribution in [3.05, 3.63) is 89.2 Å². The molecule has 1 aliphatic rings. The molecule has 4 rings (SSSR count). The fourth-order valence-electron chi connectivity index (χ4n) is 5.71. The van der Waals surface area contributed by atoms with Crippen LogP contribution in [-0.2, 0) is 20.9 Å². The van der Waals surface area contributed by atoms with Gasteiger partial charge in [0.25, 0.3) is 0 Å². The Labute approximate surface area is 287 Å². The molecule has 7 atom stereocenters. The van der Waals surface area contributed by atoms with E-state index in [1.807, 2.05) is 0 Å². The average molecular weight is 700 g/mol. The lowest BCUT2D eigenvalue weighted by atomic mass is 9.78. The van der Waals surface area contributed by atoms with Crippen LogP contribution in [0.2, 0.25) is 0 Å². The van der Waals surface area contributed by atoms with Gasteiger partial charge in [-0.3, -0.25) is 14.4 Å². The SMILES string of the molecule is COc1ccc([C@@H]2[C@@H](CC[C@H](O)c3ccc(F)cc3)C(=O)N2c2ccc(CNC(=O)CC(=O)NC[C@H](O)[C@@H](O)[C@H](O)[C@H](O)CO)cc2)c(O)c1. The third-order valence-electron chi connectivity index (χ3n) is 8.64. The van der Waals surface area contributed by atoms with Crippen LogP contribution in [0.25, 0.3) is 0 Å². The van der Waals surface area contributed by atoms with Crippen molar-refractivity contribution in [2.75, 3.05) is 25.2 Å². The maximum absolute atomic E-state index is 13.5. The molecule has 1 aliphatic heterocycles. The van der Waals surface area contributed by atoms with Crippen LogP contribution < -0.4 is 20.3 Å². The predicted octanol–water partition coefficient (Wildman–Crippen LogP) is 0.316. The van der Waals surface area contributed by atoms with Crippen molar-refractivity contribution in [1.29, 1.82) is 0 Å². The number of anilines is 1. The lowest BCUT2D eigenvalue weighted by molar-refractivity contribution is -0.132. The first-order valence-electron chi connectivity index (χ1n) is 15.9. The number of aromatic hydroxyl groups is 1. The highest BCUT2D eigenvalue weighted by Gasteiger charge is 2.49. The third-order valence-corrected chi connectivity index (χ3v) is 8.64. The molecule has 3 amide bonds. The molecule has 0 radical (unpaired) electrons. The van der Waals surface area contributed by atoms with Crippen molar-refractivity contribution in [1.82, 2.24) is 10.6 Å². The van der Waals surface area contributed by atoms with Gasteiger partial charge in [-0.2, -0.15) is 0 Å².